The molecule has 2 heterocycles. The number of hydrogen-bond donors (Lipinski definition) is 6. The summed E-state index contributed by atoms with van der Waals surface area (Å²) in [6, 6.07) is 10.9. The highest BCUT2D eigenvalue weighted by atomic mass is 19.1. The number of carbonyl (C=O) groups excluding carboxylic acids is 6. The van der Waals surface area contributed by atoms with Crippen LogP contribution in [0, 0.1) is 28.9 Å². The minimum Gasteiger partial charge on any atom is -0.480 e. The Balaban J connectivity index is 1.35. The maximum atomic E-state index is 15.1. The van der Waals surface area contributed by atoms with Crippen molar-refractivity contribution in [2.24, 2.45) is 23.0 Å². The van der Waals surface area contributed by atoms with Crippen LogP contribution in [0.5, 0.6) is 0 Å². The number of carboxylic acid groups (broad SMARTS) is 1. The van der Waals surface area contributed by atoms with Crippen molar-refractivity contribution >= 4 is 41.4 Å². The lowest BCUT2D eigenvalue weighted by atomic mass is 9.82. The highest BCUT2D eigenvalue weighted by Gasteiger charge is 2.41. The second-order valence-electron chi connectivity index (χ2n) is 16.8. The van der Waals surface area contributed by atoms with Crippen LogP contribution in [-0.2, 0) is 40.1 Å². The smallest absolute Gasteiger partial charge is 0.326 e. The van der Waals surface area contributed by atoms with E-state index in [0.717, 1.165) is 28.7 Å². The number of carboxylic acids is 1. The minimum absolute atomic E-state index is 0.0285. The maximum Gasteiger partial charge on any atom is 0.326 e. The van der Waals surface area contributed by atoms with Crippen LogP contribution in [-0.4, -0.2) is 111 Å². The van der Waals surface area contributed by atoms with Crippen molar-refractivity contribution in [2.75, 3.05) is 32.8 Å². The summed E-state index contributed by atoms with van der Waals surface area (Å²) in [4.78, 5) is 90.4. The number of nitrogens with one attached hydrogen (secondary N) is 3. The monoisotopic (exact) mass is 865 g/mol. The molecule has 1 aliphatic rings. The molecule has 0 radical (unpaired) electrons. The third-order valence-electron chi connectivity index (χ3n) is 10.7. The lowest BCUT2D eigenvalue weighted by molar-refractivity contribution is -0.145. The Hall–Kier alpha value is -6.01. The molecule has 0 aliphatic carbocycles. The summed E-state index contributed by atoms with van der Waals surface area (Å²) in [6.45, 7) is 7.90. The molecule has 2 aromatic carbocycles. The molecule has 6 amide bonds. The molecule has 0 saturated carbocycles. The number of aliphatic hydroxyl groups excluding tert-OH is 1. The number of nitrogens with two attached hydrogens (primary N) is 1. The van der Waals surface area contributed by atoms with E-state index < -0.39 is 95.7 Å². The Morgan fingerprint density at radius 3 is 2.24 bits per heavy atom. The highest BCUT2D eigenvalue weighted by Crippen LogP contribution is 2.41. The molecular weight excluding hydrogens is 809 g/mol. The van der Waals surface area contributed by atoms with Gasteiger partial charge in [-0.15, -0.1) is 0 Å². The largest absolute Gasteiger partial charge is 0.480 e. The van der Waals surface area contributed by atoms with Gasteiger partial charge in [-0.2, -0.15) is 0 Å². The van der Waals surface area contributed by atoms with Crippen LogP contribution in [0.4, 0.5) is 8.78 Å². The molecule has 1 aliphatic heterocycles. The number of carbonyl (C=O) groups is 7. The Labute approximate surface area is 359 Å². The van der Waals surface area contributed by atoms with Gasteiger partial charge in [0.25, 0.3) is 0 Å². The fourth-order valence-corrected chi connectivity index (χ4v) is 7.43. The number of aliphatic carboxylic acids is 1. The Morgan fingerprint density at radius 2 is 1.63 bits per heavy atom. The van der Waals surface area contributed by atoms with E-state index in [2.05, 4.69) is 16.0 Å². The van der Waals surface area contributed by atoms with Crippen LogP contribution in [0.15, 0.2) is 60.8 Å². The molecular formula is C44H57F2N7O9. The third kappa shape index (κ3) is 13.0. The molecule has 62 heavy (non-hydrogen) atoms. The second kappa shape index (κ2) is 21.7. The van der Waals surface area contributed by atoms with E-state index in [1.807, 2.05) is 55.7 Å². The Morgan fingerprint density at radius 1 is 0.952 bits per heavy atom. The van der Waals surface area contributed by atoms with Crippen LogP contribution in [0.2, 0.25) is 0 Å². The maximum absolute atomic E-state index is 15.1. The average Bonchev–Trinajstić information content (AvgIpc) is 3.74. The van der Waals surface area contributed by atoms with Crippen molar-refractivity contribution in [3.8, 4) is 11.1 Å². The normalized spacial score (nSPS) is 15.6. The van der Waals surface area contributed by atoms with Crippen molar-refractivity contribution in [1.82, 2.24) is 30.3 Å². The van der Waals surface area contributed by atoms with Gasteiger partial charge in [-0.1, -0.05) is 65.0 Å². The van der Waals surface area contributed by atoms with Crippen LogP contribution >= 0.6 is 0 Å². The summed E-state index contributed by atoms with van der Waals surface area (Å²) in [7, 11) is 0. The van der Waals surface area contributed by atoms with Crippen molar-refractivity contribution in [1.29, 1.82) is 0 Å². The summed E-state index contributed by atoms with van der Waals surface area (Å²) in [5.41, 5.74) is 7.45. The van der Waals surface area contributed by atoms with E-state index in [9.17, 15) is 48.2 Å². The Kier molecular flexibility index (Phi) is 17.0. The molecule has 3 aromatic rings. The van der Waals surface area contributed by atoms with Gasteiger partial charge in [0.05, 0.1) is 12.1 Å². The molecule has 18 heteroatoms. The van der Waals surface area contributed by atoms with Crippen molar-refractivity contribution in [3.05, 3.63) is 83.7 Å². The highest BCUT2D eigenvalue weighted by molar-refractivity contribution is 6.06. The van der Waals surface area contributed by atoms with Gasteiger partial charge in [0, 0.05) is 68.0 Å². The zero-order valence-electron chi connectivity index (χ0n) is 35.7. The summed E-state index contributed by atoms with van der Waals surface area (Å²) < 4.78 is 31.2. The quantitative estimate of drug-likeness (QED) is 0.0677. The number of benzene rings is 2. The number of rotatable bonds is 21. The van der Waals surface area contributed by atoms with E-state index in [0.29, 0.717) is 17.8 Å². The summed E-state index contributed by atoms with van der Waals surface area (Å²) in [5.74, 6) is -7.02. The summed E-state index contributed by atoms with van der Waals surface area (Å²) >= 11 is 0. The molecule has 0 bridgehead atoms. The first-order valence-corrected chi connectivity index (χ1v) is 20.5. The average molecular weight is 866 g/mol. The lowest BCUT2D eigenvalue weighted by Gasteiger charge is -2.41. The van der Waals surface area contributed by atoms with Gasteiger partial charge in [0.2, 0.25) is 35.4 Å². The van der Waals surface area contributed by atoms with Crippen LogP contribution in [0.3, 0.4) is 0 Å². The first-order valence-electron chi connectivity index (χ1n) is 20.5. The molecule has 16 nitrogen and oxygen atoms in total. The zero-order valence-corrected chi connectivity index (χ0v) is 35.7. The van der Waals surface area contributed by atoms with Crippen LogP contribution in [0.1, 0.15) is 77.6 Å². The van der Waals surface area contributed by atoms with Crippen molar-refractivity contribution < 1.29 is 52.6 Å². The molecule has 1 fully saturated rings. The number of aliphatic hydroxyl groups is 1. The number of aromatic nitrogens is 1. The predicted octanol–water partition coefficient (Wildman–Crippen LogP) is 2.72. The van der Waals surface area contributed by atoms with E-state index in [4.69, 9.17) is 5.73 Å². The molecule has 4 atom stereocenters. The second-order valence-corrected chi connectivity index (χ2v) is 16.8. The number of amides is 6. The molecule has 336 valence electrons. The number of nitrogens with zero attached hydrogens (tertiary/aromatic N) is 3. The Bertz CT molecular complexity index is 2100. The SMILES string of the molecule is CC(C)C1CC(=O)N(CC(=O)N[C@@H](CCC(=O)NCCNC(=O)[C@@H](N)CCN(C(=O)CO)[C@@H](c2cc(-c3cc(F)ccc3F)cn2Cc2ccccc2)C(C)(C)C)C(=O)O)C1=O. The summed E-state index contributed by atoms with van der Waals surface area (Å²) in [6.07, 6.45) is 1.02. The van der Waals surface area contributed by atoms with Gasteiger partial charge in [-0.3, -0.25) is 33.7 Å². The van der Waals surface area contributed by atoms with Crippen LogP contribution < -0.4 is 21.7 Å². The first kappa shape index (κ1) is 48.7. The molecule has 7 N–H and O–H groups in total. The van der Waals surface area contributed by atoms with Gasteiger partial charge < -0.3 is 41.4 Å². The van der Waals surface area contributed by atoms with E-state index in [1.54, 1.807) is 26.1 Å². The molecule has 1 aromatic heterocycles. The van der Waals surface area contributed by atoms with Gasteiger partial charge in [0.1, 0.15) is 30.8 Å². The molecule has 0 spiro atoms. The third-order valence-corrected chi connectivity index (χ3v) is 10.7. The molecule has 1 saturated heterocycles. The topological polar surface area (TPSA) is 233 Å². The van der Waals surface area contributed by atoms with Gasteiger partial charge in [0.15, 0.2) is 0 Å². The van der Waals surface area contributed by atoms with E-state index in [-0.39, 0.29) is 56.8 Å². The molecule has 1 unspecified atom stereocenters. The van der Waals surface area contributed by atoms with Gasteiger partial charge in [-0.25, -0.2) is 13.6 Å². The van der Waals surface area contributed by atoms with Crippen LogP contribution in [0.25, 0.3) is 11.1 Å². The number of hydrogen-bond acceptors (Lipinski definition) is 9. The summed E-state index contributed by atoms with van der Waals surface area (Å²) in [5, 5.41) is 27.1. The van der Waals surface area contributed by atoms with Crippen molar-refractivity contribution in [2.45, 2.75) is 85.0 Å². The van der Waals surface area contributed by atoms with E-state index in [1.165, 1.54) is 4.90 Å². The first-order chi connectivity index (χ1) is 29.2. The number of imide groups is 1. The van der Waals surface area contributed by atoms with E-state index >= 15 is 4.39 Å². The number of likely N-dealkylation sites (tertiary alicyclic amines) is 1. The predicted molar refractivity (Wildman–Crippen MR) is 223 cm³/mol. The minimum atomic E-state index is -1.47. The molecule has 4 rings (SSSR count). The fraction of sp³-hybridized carbons (Fsp3) is 0.477. The zero-order chi connectivity index (χ0) is 45.9. The lowest BCUT2D eigenvalue weighted by Crippen LogP contribution is -2.48. The van der Waals surface area contributed by atoms with Crippen molar-refractivity contribution in [3.63, 3.8) is 0 Å². The fourth-order valence-electron chi connectivity index (χ4n) is 7.43. The standard InChI is InChI=1S/C44H57F2N7O9/c1-26(2)30-21-38(57)53(42(30)60)24-37(56)50-34(43(61)62)13-14-36(55)48-16-17-49-41(59)33(47)15-18-52(39(58)25-54)40(44(3,4)5)35-19-28(31-20-29(45)11-12-32(31)46)23-51(35)22-27-9-7-6-8-10-27/h6-12,19-20,23,26,30,33-34,40,54H,13-18,21-22,24-25,47H2,1-5H3,(H,48,55)(H,49,59)(H,50,56)(H,61,62)/t30?,33-,34-,40-/m0/s1. The van der Waals surface area contributed by atoms with Gasteiger partial charge in [-0.05, 0) is 54.0 Å². The number of halogens is 2. The van der Waals surface area contributed by atoms with Gasteiger partial charge >= 0.3 is 5.97 Å².